The van der Waals surface area contributed by atoms with Crippen molar-refractivity contribution in [2.24, 2.45) is 0 Å². The zero-order chi connectivity index (χ0) is 14.7. The molecule has 0 amide bonds. The van der Waals surface area contributed by atoms with E-state index in [0.717, 1.165) is 24.7 Å². The Labute approximate surface area is 126 Å². The number of hydrogen-bond acceptors (Lipinski definition) is 3. The monoisotopic (exact) mass is 285 g/mol. The number of aryl methyl sites for hydroxylation is 1. The number of aromatic nitrogens is 2. The van der Waals surface area contributed by atoms with E-state index in [1.54, 1.807) is 0 Å². The van der Waals surface area contributed by atoms with Crippen molar-refractivity contribution in [3.8, 4) is 5.75 Å². The molecule has 1 aromatic carbocycles. The molecule has 1 heterocycles. The second-order valence-electron chi connectivity index (χ2n) is 5.88. The van der Waals surface area contributed by atoms with Crippen molar-refractivity contribution in [3.05, 3.63) is 48.0 Å². The lowest BCUT2D eigenvalue weighted by Gasteiger charge is -2.17. The molecular formula is C17H23N3O. The average Bonchev–Trinajstić information content (AvgIpc) is 3.22. The van der Waals surface area contributed by atoms with E-state index in [2.05, 4.69) is 46.8 Å². The van der Waals surface area contributed by atoms with E-state index in [0.29, 0.717) is 12.6 Å². The normalized spacial score (nSPS) is 14.6. The Morgan fingerprint density at radius 1 is 1.29 bits per heavy atom. The van der Waals surface area contributed by atoms with E-state index >= 15 is 0 Å². The first-order valence-corrected chi connectivity index (χ1v) is 7.62. The van der Waals surface area contributed by atoms with E-state index in [9.17, 15) is 0 Å². The molecule has 1 aromatic heterocycles. The highest BCUT2D eigenvalue weighted by Gasteiger charge is 2.25. The van der Waals surface area contributed by atoms with Gasteiger partial charge in [-0.2, -0.15) is 0 Å². The van der Waals surface area contributed by atoms with Gasteiger partial charge in [-0.05, 0) is 38.9 Å². The third kappa shape index (κ3) is 3.85. The number of imidazole rings is 1. The number of likely N-dealkylation sites (N-methyl/N-ethyl adjacent to an activating group) is 1. The summed E-state index contributed by atoms with van der Waals surface area (Å²) in [6.07, 6.45) is 6.60. The highest BCUT2D eigenvalue weighted by molar-refractivity contribution is 5.26. The van der Waals surface area contributed by atoms with Gasteiger partial charge < -0.3 is 9.30 Å². The van der Waals surface area contributed by atoms with Crippen LogP contribution < -0.4 is 4.74 Å². The molecule has 0 unspecified atom stereocenters. The maximum atomic E-state index is 5.77. The smallest absolute Gasteiger partial charge is 0.123 e. The van der Waals surface area contributed by atoms with Crippen molar-refractivity contribution in [2.45, 2.75) is 32.4 Å². The summed E-state index contributed by atoms with van der Waals surface area (Å²) >= 11 is 0. The van der Waals surface area contributed by atoms with E-state index in [1.165, 1.54) is 18.4 Å². The van der Waals surface area contributed by atoms with E-state index in [1.807, 2.05) is 18.3 Å². The fraction of sp³-hybridized carbons (Fsp3) is 0.471. The largest absolute Gasteiger partial charge is 0.492 e. The maximum absolute atomic E-state index is 5.77. The molecule has 0 bridgehead atoms. The topological polar surface area (TPSA) is 30.3 Å². The van der Waals surface area contributed by atoms with Crippen LogP contribution >= 0.6 is 0 Å². The van der Waals surface area contributed by atoms with Gasteiger partial charge in [0.05, 0.1) is 6.54 Å². The van der Waals surface area contributed by atoms with Crippen molar-refractivity contribution in [2.75, 3.05) is 20.2 Å². The Bertz CT molecular complexity index is 572. The Kier molecular flexibility index (Phi) is 4.25. The van der Waals surface area contributed by atoms with Crippen LogP contribution in [0.2, 0.25) is 0 Å². The summed E-state index contributed by atoms with van der Waals surface area (Å²) in [5.41, 5.74) is 1.26. The zero-order valence-corrected chi connectivity index (χ0v) is 12.8. The molecule has 2 aromatic rings. The van der Waals surface area contributed by atoms with Crippen LogP contribution in [0, 0.1) is 6.92 Å². The highest BCUT2D eigenvalue weighted by Crippen LogP contribution is 2.35. The fourth-order valence-corrected chi connectivity index (χ4v) is 2.43. The predicted molar refractivity (Wildman–Crippen MR) is 83.5 cm³/mol. The average molecular weight is 285 g/mol. The zero-order valence-electron chi connectivity index (χ0n) is 12.8. The predicted octanol–water partition coefficient (Wildman–Crippen LogP) is 3.04. The summed E-state index contributed by atoms with van der Waals surface area (Å²) in [6.45, 7) is 4.55. The first-order valence-electron chi connectivity index (χ1n) is 7.62. The molecule has 1 saturated carbocycles. The Balaban J connectivity index is 1.44. The van der Waals surface area contributed by atoms with Crippen LogP contribution in [0.1, 0.15) is 30.3 Å². The molecule has 0 radical (unpaired) electrons. The number of rotatable bonds is 7. The summed E-state index contributed by atoms with van der Waals surface area (Å²) in [5.74, 6) is 2.10. The molecule has 0 N–H and O–H groups in total. The maximum Gasteiger partial charge on any atom is 0.123 e. The second kappa shape index (κ2) is 6.31. The quantitative estimate of drug-likeness (QED) is 0.783. The van der Waals surface area contributed by atoms with Crippen molar-refractivity contribution in [1.29, 1.82) is 0 Å². The van der Waals surface area contributed by atoms with E-state index < -0.39 is 0 Å². The number of ether oxygens (including phenoxy) is 1. The summed E-state index contributed by atoms with van der Waals surface area (Å²) < 4.78 is 8.09. The van der Waals surface area contributed by atoms with Crippen LogP contribution in [0.15, 0.2) is 36.7 Å². The summed E-state index contributed by atoms with van der Waals surface area (Å²) in [5, 5.41) is 0. The molecule has 0 aliphatic heterocycles. The third-order valence-electron chi connectivity index (χ3n) is 3.86. The summed E-state index contributed by atoms with van der Waals surface area (Å²) in [4.78, 5) is 6.73. The van der Waals surface area contributed by atoms with Gasteiger partial charge in [-0.3, -0.25) is 4.90 Å². The third-order valence-corrected chi connectivity index (χ3v) is 3.86. The lowest BCUT2D eigenvalue weighted by atomic mass is 10.2. The van der Waals surface area contributed by atoms with Gasteiger partial charge in [0, 0.05) is 25.0 Å². The van der Waals surface area contributed by atoms with Crippen molar-refractivity contribution >= 4 is 0 Å². The number of nitrogens with zero attached hydrogens (tertiary/aromatic N) is 3. The molecule has 3 rings (SSSR count). The van der Waals surface area contributed by atoms with E-state index in [4.69, 9.17) is 4.74 Å². The van der Waals surface area contributed by atoms with Gasteiger partial charge in [0.25, 0.3) is 0 Å². The molecule has 1 fully saturated rings. The van der Waals surface area contributed by atoms with Gasteiger partial charge in [0.1, 0.15) is 18.2 Å². The summed E-state index contributed by atoms with van der Waals surface area (Å²) in [6, 6.07) is 8.89. The van der Waals surface area contributed by atoms with Crippen LogP contribution in [0.5, 0.6) is 5.75 Å². The molecule has 21 heavy (non-hydrogen) atoms. The minimum Gasteiger partial charge on any atom is -0.492 e. The van der Waals surface area contributed by atoms with Crippen LogP contribution in [0.4, 0.5) is 0 Å². The minimum atomic E-state index is 0.694. The molecule has 4 nitrogen and oxygen atoms in total. The molecule has 1 aliphatic carbocycles. The number of benzene rings is 1. The molecule has 112 valence electrons. The first kappa shape index (κ1) is 14.1. The van der Waals surface area contributed by atoms with Gasteiger partial charge in [-0.15, -0.1) is 0 Å². The van der Waals surface area contributed by atoms with Crippen LogP contribution in [0.3, 0.4) is 0 Å². The van der Waals surface area contributed by atoms with E-state index in [-0.39, 0.29) is 0 Å². The molecule has 1 aliphatic rings. The molecule has 4 heteroatoms. The van der Waals surface area contributed by atoms with Gasteiger partial charge in [-0.1, -0.05) is 17.7 Å². The molecule has 0 spiro atoms. The Hall–Kier alpha value is -1.81. The standard InChI is InChI=1S/C17H23N3O/c1-14-3-7-16(8-4-14)21-12-11-19(2)13-17-18-9-10-20(17)15-5-6-15/h3-4,7-10,15H,5-6,11-13H2,1-2H3. The van der Waals surface area contributed by atoms with Gasteiger partial charge in [0.2, 0.25) is 0 Å². The van der Waals surface area contributed by atoms with Crippen LogP contribution in [-0.2, 0) is 6.54 Å². The van der Waals surface area contributed by atoms with Crippen LogP contribution in [0.25, 0.3) is 0 Å². The minimum absolute atomic E-state index is 0.694. The Morgan fingerprint density at radius 3 is 2.76 bits per heavy atom. The van der Waals surface area contributed by atoms with Gasteiger partial charge in [-0.25, -0.2) is 4.98 Å². The van der Waals surface area contributed by atoms with Crippen molar-refractivity contribution in [1.82, 2.24) is 14.5 Å². The molecular weight excluding hydrogens is 262 g/mol. The molecule has 0 saturated heterocycles. The summed E-state index contributed by atoms with van der Waals surface area (Å²) in [7, 11) is 2.12. The highest BCUT2D eigenvalue weighted by atomic mass is 16.5. The lowest BCUT2D eigenvalue weighted by Crippen LogP contribution is -2.25. The van der Waals surface area contributed by atoms with Gasteiger partial charge in [0.15, 0.2) is 0 Å². The Morgan fingerprint density at radius 2 is 2.05 bits per heavy atom. The van der Waals surface area contributed by atoms with Gasteiger partial charge >= 0.3 is 0 Å². The van der Waals surface area contributed by atoms with Crippen molar-refractivity contribution < 1.29 is 4.74 Å². The van der Waals surface area contributed by atoms with Crippen LogP contribution in [-0.4, -0.2) is 34.7 Å². The first-order chi connectivity index (χ1) is 10.2. The van der Waals surface area contributed by atoms with Crippen molar-refractivity contribution in [3.63, 3.8) is 0 Å². The fourth-order valence-electron chi connectivity index (χ4n) is 2.43. The second-order valence-corrected chi connectivity index (χ2v) is 5.88. The SMILES string of the molecule is Cc1ccc(OCCN(C)Cc2nccn2C2CC2)cc1. The molecule has 0 atom stereocenters. The number of hydrogen-bond donors (Lipinski definition) is 0. The lowest BCUT2D eigenvalue weighted by molar-refractivity contribution is 0.228.